The lowest BCUT2D eigenvalue weighted by Gasteiger charge is -2.09. The van der Waals surface area contributed by atoms with Crippen LogP contribution in [0.3, 0.4) is 0 Å². The Kier molecular flexibility index (Phi) is 3.40. The van der Waals surface area contributed by atoms with Crippen molar-refractivity contribution in [3.63, 3.8) is 0 Å². The summed E-state index contributed by atoms with van der Waals surface area (Å²) in [6.07, 6.45) is 1.73. The van der Waals surface area contributed by atoms with Crippen LogP contribution < -0.4 is 5.32 Å². The van der Waals surface area contributed by atoms with Crippen LogP contribution in [-0.2, 0) is 6.54 Å². The van der Waals surface area contributed by atoms with Crippen LogP contribution in [0, 0.1) is 11.3 Å². The lowest BCUT2D eigenvalue weighted by molar-refractivity contribution is 0.476. The monoisotopic (exact) mass is 275 g/mol. The van der Waals surface area contributed by atoms with Crippen LogP contribution in [0.25, 0.3) is 10.8 Å². The molecule has 2 aromatic carbocycles. The predicted molar refractivity (Wildman–Crippen MR) is 81.9 cm³/mol. The minimum absolute atomic E-state index is 0.213. The van der Waals surface area contributed by atoms with Gasteiger partial charge in [-0.05, 0) is 41.3 Å². The molecule has 0 radical (unpaired) electrons. The number of hydrogen-bond acceptors (Lipinski definition) is 4. The Balaban J connectivity index is 1.88. The molecule has 0 saturated carbocycles. The smallest absolute Gasteiger partial charge is 0.134 e. The van der Waals surface area contributed by atoms with Crippen molar-refractivity contribution < 1.29 is 5.11 Å². The molecule has 4 heteroatoms. The maximum atomic E-state index is 9.62. The van der Waals surface area contributed by atoms with E-state index in [0.717, 1.165) is 16.3 Å². The number of anilines is 1. The number of pyridine rings is 1. The largest absolute Gasteiger partial charge is 0.508 e. The molecule has 0 unspecified atom stereocenters. The van der Waals surface area contributed by atoms with Crippen molar-refractivity contribution in [3.05, 3.63) is 65.9 Å². The number of nitrogens with one attached hydrogen (secondary N) is 1. The van der Waals surface area contributed by atoms with Crippen molar-refractivity contribution in [2.45, 2.75) is 6.54 Å². The van der Waals surface area contributed by atoms with Crippen LogP contribution in [0.2, 0.25) is 0 Å². The molecule has 21 heavy (non-hydrogen) atoms. The molecule has 0 fully saturated rings. The van der Waals surface area contributed by atoms with Gasteiger partial charge in [0.15, 0.2) is 0 Å². The molecule has 0 spiro atoms. The number of fused-ring (bicyclic) bond motifs is 1. The van der Waals surface area contributed by atoms with Crippen molar-refractivity contribution in [2.75, 3.05) is 5.32 Å². The van der Waals surface area contributed by atoms with Gasteiger partial charge in [0.1, 0.15) is 11.6 Å². The van der Waals surface area contributed by atoms with E-state index in [1.165, 1.54) is 0 Å². The van der Waals surface area contributed by atoms with E-state index in [-0.39, 0.29) is 5.75 Å². The summed E-state index contributed by atoms with van der Waals surface area (Å²) in [5, 5.41) is 23.7. The van der Waals surface area contributed by atoms with Crippen LogP contribution in [0.15, 0.2) is 54.7 Å². The van der Waals surface area contributed by atoms with Crippen molar-refractivity contribution >= 4 is 16.6 Å². The molecule has 1 aromatic heterocycles. The molecule has 1 heterocycles. The fourth-order valence-corrected chi connectivity index (χ4v) is 2.23. The van der Waals surface area contributed by atoms with Gasteiger partial charge in [-0.3, -0.25) is 0 Å². The molecule has 0 aliphatic carbocycles. The normalized spacial score (nSPS) is 10.2. The highest BCUT2D eigenvalue weighted by molar-refractivity contribution is 5.92. The molecule has 102 valence electrons. The number of phenols is 1. The minimum atomic E-state index is 0.213. The molecule has 4 nitrogen and oxygen atoms in total. The van der Waals surface area contributed by atoms with Crippen LogP contribution in [0.4, 0.5) is 5.82 Å². The van der Waals surface area contributed by atoms with E-state index in [4.69, 9.17) is 5.26 Å². The quantitative estimate of drug-likeness (QED) is 0.768. The van der Waals surface area contributed by atoms with E-state index >= 15 is 0 Å². The van der Waals surface area contributed by atoms with Gasteiger partial charge in [0, 0.05) is 18.1 Å². The second kappa shape index (κ2) is 5.51. The van der Waals surface area contributed by atoms with Crippen molar-refractivity contribution in [2.24, 2.45) is 0 Å². The number of nitriles is 1. The summed E-state index contributed by atoms with van der Waals surface area (Å²) in [7, 11) is 0. The van der Waals surface area contributed by atoms with Gasteiger partial charge in [-0.25, -0.2) is 4.98 Å². The number of aromatic hydroxyl groups is 1. The third-order valence-corrected chi connectivity index (χ3v) is 3.27. The zero-order chi connectivity index (χ0) is 14.7. The molecule has 0 aliphatic rings. The fourth-order valence-electron chi connectivity index (χ4n) is 2.23. The average molecular weight is 275 g/mol. The van der Waals surface area contributed by atoms with E-state index in [1.54, 1.807) is 24.4 Å². The number of nitrogens with zero attached hydrogens (tertiary/aromatic N) is 2. The zero-order valence-corrected chi connectivity index (χ0v) is 11.2. The second-order valence-electron chi connectivity index (χ2n) is 4.73. The average Bonchev–Trinajstić information content (AvgIpc) is 2.53. The van der Waals surface area contributed by atoms with E-state index in [0.29, 0.717) is 17.9 Å². The van der Waals surface area contributed by atoms with Crippen molar-refractivity contribution in [1.82, 2.24) is 4.98 Å². The predicted octanol–water partition coefficient (Wildman–Crippen LogP) is 3.42. The number of rotatable bonds is 3. The van der Waals surface area contributed by atoms with Crippen molar-refractivity contribution in [1.29, 1.82) is 5.26 Å². The maximum absolute atomic E-state index is 9.62. The first-order chi connectivity index (χ1) is 10.3. The van der Waals surface area contributed by atoms with E-state index in [9.17, 15) is 5.11 Å². The third kappa shape index (κ3) is 2.77. The van der Waals surface area contributed by atoms with Crippen LogP contribution in [0.5, 0.6) is 5.75 Å². The van der Waals surface area contributed by atoms with Gasteiger partial charge in [0.05, 0.1) is 11.6 Å². The van der Waals surface area contributed by atoms with Crippen LogP contribution in [-0.4, -0.2) is 10.1 Å². The summed E-state index contributed by atoms with van der Waals surface area (Å²) >= 11 is 0. The summed E-state index contributed by atoms with van der Waals surface area (Å²) in [6, 6.07) is 16.7. The summed E-state index contributed by atoms with van der Waals surface area (Å²) in [6.45, 7) is 0.567. The highest BCUT2D eigenvalue weighted by Gasteiger charge is 2.03. The third-order valence-electron chi connectivity index (χ3n) is 3.27. The Labute approximate surface area is 122 Å². The summed E-state index contributed by atoms with van der Waals surface area (Å²) in [5.74, 6) is 0.927. The molecule has 2 N–H and O–H groups in total. The van der Waals surface area contributed by atoms with Gasteiger partial charge in [-0.2, -0.15) is 5.26 Å². The molecule has 3 aromatic rings. The highest BCUT2D eigenvalue weighted by Crippen LogP contribution is 2.25. The summed E-state index contributed by atoms with van der Waals surface area (Å²) in [5.41, 5.74) is 1.64. The topological polar surface area (TPSA) is 68.9 Å². The number of benzene rings is 2. The molecule has 0 amide bonds. The van der Waals surface area contributed by atoms with Gasteiger partial charge in [0.25, 0.3) is 0 Å². The highest BCUT2D eigenvalue weighted by atomic mass is 16.3. The first-order valence-corrected chi connectivity index (χ1v) is 6.57. The van der Waals surface area contributed by atoms with Gasteiger partial charge in [-0.1, -0.05) is 18.2 Å². The molecule has 0 bridgehead atoms. The van der Waals surface area contributed by atoms with E-state index in [1.807, 2.05) is 30.3 Å². The van der Waals surface area contributed by atoms with Crippen LogP contribution in [0.1, 0.15) is 11.1 Å². The first-order valence-electron chi connectivity index (χ1n) is 6.57. The Morgan fingerprint density at radius 2 is 2.05 bits per heavy atom. The summed E-state index contributed by atoms with van der Waals surface area (Å²) in [4.78, 5) is 4.32. The lowest BCUT2D eigenvalue weighted by Crippen LogP contribution is -2.02. The molecule has 0 atom stereocenters. The molecular formula is C17H13N3O. The number of phenolic OH excluding ortho intramolecular Hbond substituents is 1. The first kappa shape index (κ1) is 12.9. The number of aromatic nitrogens is 1. The Hall–Kier alpha value is -3.06. The van der Waals surface area contributed by atoms with E-state index < -0.39 is 0 Å². The fraction of sp³-hybridized carbons (Fsp3) is 0.0588. The standard InChI is InChI=1S/C17H13N3O/c18-10-12-2-1-3-13(8-12)11-20-17-16-9-15(21)5-4-14(16)6-7-19-17/h1-9,21H,11H2,(H,19,20). The summed E-state index contributed by atoms with van der Waals surface area (Å²) < 4.78 is 0. The Morgan fingerprint density at radius 3 is 2.90 bits per heavy atom. The lowest BCUT2D eigenvalue weighted by atomic mass is 10.1. The molecule has 0 saturated heterocycles. The minimum Gasteiger partial charge on any atom is -0.508 e. The second-order valence-corrected chi connectivity index (χ2v) is 4.73. The Bertz CT molecular complexity index is 837. The zero-order valence-electron chi connectivity index (χ0n) is 11.2. The molecular weight excluding hydrogens is 262 g/mol. The Morgan fingerprint density at radius 1 is 1.14 bits per heavy atom. The van der Waals surface area contributed by atoms with Crippen LogP contribution >= 0.6 is 0 Å². The number of hydrogen-bond donors (Lipinski definition) is 2. The molecule has 0 aliphatic heterocycles. The van der Waals surface area contributed by atoms with Gasteiger partial charge >= 0.3 is 0 Å². The van der Waals surface area contributed by atoms with Gasteiger partial charge < -0.3 is 10.4 Å². The van der Waals surface area contributed by atoms with Gasteiger partial charge in [0.2, 0.25) is 0 Å². The van der Waals surface area contributed by atoms with Crippen molar-refractivity contribution in [3.8, 4) is 11.8 Å². The maximum Gasteiger partial charge on any atom is 0.134 e. The molecule has 3 rings (SSSR count). The van der Waals surface area contributed by atoms with Gasteiger partial charge in [-0.15, -0.1) is 0 Å². The van der Waals surface area contributed by atoms with E-state index in [2.05, 4.69) is 16.4 Å². The SMILES string of the molecule is N#Cc1cccc(CNc2nccc3ccc(O)cc23)c1.